The largest absolute Gasteiger partial charge is 0.368 e. The zero-order chi connectivity index (χ0) is 16.4. The number of nitrogens with zero attached hydrogens (tertiary/aromatic N) is 6. The molecule has 0 bridgehead atoms. The lowest BCUT2D eigenvalue weighted by atomic mass is 10.2. The molecule has 1 aliphatic heterocycles. The van der Waals surface area contributed by atoms with Crippen molar-refractivity contribution in [1.29, 1.82) is 0 Å². The lowest BCUT2D eigenvalue weighted by molar-refractivity contribution is 0.653. The molecule has 124 valence electrons. The molecule has 23 heavy (non-hydrogen) atoms. The Hall–Kier alpha value is -2.31. The molecule has 7 nitrogen and oxygen atoms in total. The van der Waals surface area contributed by atoms with Gasteiger partial charge in [0.05, 0.1) is 5.69 Å². The van der Waals surface area contributed by atoms with Crippen LogP contribution in [0.5, 0.6) is 0 Å². The summed E-state index contributed by atoms with van der Waals surface area (Å²) in [6.07, 6.45) is 4.52. The van der Waals surface area contributed by atoms with Crippen LogP contribution in [0, 0.1) is 6.92 Å². The summed E-state index contributed by atoms with van der Waals surface area (Å²) in [4.78, 5) is 13.2. The van der Waals surface area contributed by atoms with Crippen molar-refractivity contribution >= 4 is 17.6 Å². The van der Waals surface area contributed by atoms with E-state index in [1.807, 2.05) is 24.7 Å². The molecule has 3 heterocycles. The van der Waals surface area contributed by atoms with Crippen molar-refractivity contribution in [3.05, 3.63) is 23.5 Å². The van der Waals surface area contributed by atoms with Crippen LogP contribution in [0.4, 0.5) is 17.6 Å². The van der Waals surface area contributed by atoms with Crippen molar-refractivity contribution in [2.45, 2.75) is 39.8 Å². The van der Waals surface area contributed by atoms with E-state index in [0.717, 1.165) is 43.5 Å². The molecule has 0 atom stereocenters. The summed E-state index contributed by atoms with van der Waals surface area (Å²) in [5.41, 5.74) is 8.18. The van der Waals surface area contributed by atoms with Gasteiger partial charge in [-0.15, -0.1) is 0 Å². The number of nitrogens with two attached hydrogens (primary N) is 1. The minimum Gasteiger partial charge on any atom is -0.368 e. The number of hydrogen-bond donors (Lipinski definition) is 1. The smallest absolute Gasteiger partial charge is 0.223 e. The third kappa shape index (κ3) is 3.38. The van der Waals surface area contributed by atoms with E-state index in [2.05, 4.69) is 38.0 Å². The van der Waals surface area contributed by atoms with Crippen LogP contribution in [0.25, 0.3) is 0 Å². The summed E-state index contributed by atoms with van der Waals surface area (Å²) in [6.45, 7) is 7.85. The topological polar surface area (TPSA) is 76.1 Å². The van der Waals surface area contributed by atoms with Crippen LogP contribution in [0.15, 0.2) is 12.3 Å². The normalized spacial score (nSPS) is 14.5. The second-order valence-corrected chi connectivity index (χ2v) is 6.09. The summed E-state index contributed by atoms with van der Waals surface area (Å²) < 4.78 is 1.96. The quantitative estimate of drug-likeness (QED) is 0.907. The Balaban J connectivity index is 1.80. The van der Waals surface area contributed by atoms with Crippen LogP contribution in [0.1, 0.15) is 31.0 Å². The maximum Gasteiger partial charge on any atom is 0.223 e. The van der Waals surface area contributed by atoms with Crippen molar-refractivity contribution in [2.75, 3.05) is 35.7 Å². The first-order valence-corrected chi connectivity index (χ1v) is 8.20. The highest BCUT2D eigenvalue weighted by Gasteiger charge is 2.17. The van der Waals surface area contributed by atoms with Gasteiger partial charge in [0, 0.05) is 51.1 Å². The molecule has 0 spiro atoms. The fourth-order valence-corrected chi connectivity index (χ4v) is 2.96. The lowest BCUT2D eigenvalue weighted by Gasteiger charge is -2.22. The molecule has 7 heteroatoms. The maximum atomic E-state index is 5.92. The van der Waals surface area contributed by atoms with E-state index in [1.165, 1.54) is 18.4 Å². The molecular formula is C16H25N7. The van der Waals surface area contributed by atoms with Gasteiger partial charge in [-0.25, -0.2) is 0 Å². The Bertz CT molecular complexity index is 673. The number of rotatable bonds is 5. The van der Waals surface area contributed by atoms with Gasteiger partial charge in [-0.3, -0.25) is 4.68 Å². The molecule has 0 radical (unpaired) electrons. The van der Waals surface area contributed by atoms with Crippen molar-refractivity contribution < 1.29 is 0 Å². The van der Waals surface area contributed by atoms with Crippen LogP contribution in [0.3, 0.4) is 0 Å². The first-order valence-electron chi connectivity index (χ1n) is 8.20. The van der Waals surface area contributed by atoms with Crippen LogP contribution in [0.2, 0.25) is 0 Å². The van der Waals surface area contributed by atoms with E-state index < -0.39 is 0 Å². The molecule has 2 N–H and O–H groups in total. The monoisotopic (exact) mass is 315 g/mol. The molecule has 0 amide bonds. The highest BCUT2D eigenvalue weighted by molar-refractivity contribution is 5.54. The summed E-state index contributed by atoms with van der Waals surface area (Å²) in [5, 5.41) is 4.50. The average Bonchev–Trinajstić information content (AvgIpc) is 3.17. The number of aromatic nitrogens is 4. The van der Waals surface area contributed by atoms with E-state index in [1.54, 1.807) is 0 Å². The van der Waals surface area contributed by atoms with Crippen molar-refractivity contribution in [3.8, 4) is 0 Å². The van der Waals surface area contributed by atoms with Gasteiger partial charge < -0.3 is 15.5 Å². The fourth-order valence-electron chi connectivity index (χ4n) is 2.96. The van der Waals surface area contributed by atoms with Gasteiger partial charge in [-0.1, -0.05) is 0 Å². The molecular weight excluding hydrogens is 290 g/mol. The van der Waals surface area contributed by atoms with Gasteiger partial charge in [0.2, 0.25) is 5.95 Å². The molecule has 1 saturated heterocycles. The Morgan fingerprint density at radius 3 is 2.65 bits per heavy atom. The fraction of sp³-hybridized carbons (Fsp3) is 0.562. The highest BCUT2D eigenvalue weighted by atomic mass is 15.3. The van der Waals surface area contributed by atoms with Crippen molar-refractivity contribution in [3.63, 3.8) is 0 Å². The van der Waals surface area contributed by atoms with E-state index in [9.17, 15) is 0 Å². The minimum absolute atomic E-state index is 0.331. The van der Waals surface area contributed by atoms with Gasteiger partial charge in [-0.05, 0) is 26.7 Å². The number of aryl methyl sites for hydroxylation is 2. The van der Waals surface area contributed by atoms with E-state index >= 15 is 0 Å². The van der Waals surface area contributed by atoms with Gasteiger partial charge >= 0.3 is 0 Å². The summed E-state index contributed by atoms with van der Waals surface area (Å²) >= 11 is 0. The maximum absolute atomic E-state index is 5.92. The predicted molar refractivity (Wildman–Crippen MR) is 92.6 cm³/mol. The molecule has 1 fully saturated rings. The summed E-state index contributed by atoms with van der Waals surface area (Å²) in [5.74, 6) is 2.11. The molecule has 2 aromatic rings. The third-order valence-electron chi connectivity index (χ3n) is 4.32. The van der Waals surface area contributed by atoms with E-state index in [4.69, 9.17) is 5.73 Å². The Labute approximate surface area is 137 Å². The number of hydrogen-bond acceptors (Lipinski definition) is 6. The van der Waals surface area contributed by atoms with Crippen molar-refractivity contribution in [1.82, 2.24) is 19.7 Å². The first-order chi connectivity index (χ1) is 11.1. The molecule has 1 aliphatic rings. The summed E-state index contributed by atoms with van der Waals surface area (Å²) in [7, 11) is 2.03. The van der Waals surface area contributed by atoms with Gasteiger partial charge in [0.15, 0.2) is 0 Å². The van der Waals surface area contributed by atoms with Crippen LogP contribution in [-0.4, -0.2) is 39.9 Å². The second kappa shape index (κ2) is 6.44. The Morgan fingerprint density at radius 2 is 2.00 bits per heavy atom. The highest BCUT2D eigenvalue weighted by Crippen LogP contribution is 2.24. The Kier molecular flexibility index (Phi) is 4.36. The standard InChI is InChI=1S/C16H25N7/c1-4-23-11-13(12(2)20-23)10-21(3)14-9-15(19-16(17)18-14)22-7-5-6-8-22/h9,11H,4-8,10H2,1-3H3,(H2,17,18,19). The average molecular weight is 315 g/mol. The zero-order valence-corrected chi connectivity index (χ0v) is 14.2. The Morgan fingerprint density at radius 1 is 1.26 bits per heavy atom. The van der Waals surface area contributed by atoms with Gasteiger partial charge in [0.25, 0.3) is 0 Å². The first kappa shape index (κ1) is 15.6. The lowest BCUT2D eigenvalue weighted by Crippen LogP contribution is -2.23. The van der Waals surface area contributed by atoms with Crippen LogP contribution < -0.4 is 15.5 Å². The molecule has 0 unspecified atom stereocenters. The molecule has 0 aliphatic carbocycles. The van der Waals surface area contributed by atoms with E-state index in [-0.39, 0.29) is 0 Å². The molecule has 2 aromatic heterocycles. The third-order valence-corrected chi connectivity index (χ3v) is 4.32. The number of anilines is 3. The van der Waals surface area contributed by atoms with Crippen LogP contribution >= 0.6 is 0 Å². The van der Waals surface area contributed by atoms with E-state index in [0.29, 0.717) is 5.95 Å². The van der Waals surface area contributed by atoms with Crippen molar-refractivity contribution in [2.24, 2.45) is 0 Å². The number of nitrogen functional groups attached to an aromatic ring is 1. The zero-order valence-electron chi connectivity index (χ0n) is 14.2. The molecule has 3 rings (SSSR count). The minimum atomic E-state index is 0.331. The molecule has 0 saturated carbocycles. The summed E-state index contributed by atoms with van der Waals surface area (Å²) in [6, 6.07) is 2.03. The second-order valence-electron chi connectivity index (χ2n) is 6.09. The SMILES string of the molecule is CCn1cc(CN(C)c2cc(N3CCCC3)nc(N)n2)c(C)n1. The van der Waals surface area contributed by atoms with Gasteiger partial charge in [-0.2, -0.15) is 15.1 Å². The molecule has 0 aromatic carbocycles. The van der Waals surface area contributed by atoms with Crippen LogP contribution in [-0.2, 0) is 13.1 Å². The predicted octanol–water partition coefficient (Wildman–Crippen LogP) is 1.82. The van der Waals surface area contributed by atoms with Gasteiger partial charge in [0.1, 0.15) is 11.6 Å².